The number of hydrogen-bond donors (Lipinski definition) is 1. The molecule has 1 amide bonds. The van der Waals surface area contributed by atoms with Gasteiger partial charge in [-0.15, -0.1) is 0 Å². The Morgan fingerprint density at radius 3 is 2.40 bits per heavy atom. The summed E-state index contributed by atoms with van der Waals surface area (Å²) in [6.07, 6.45) is 2.36. The highest BCUT2D eigenvalue weighted by Gasteiger charge is 2.21. The van der Waals surface area contributed by atoms with Crippen LogP contribution < -0.4 is 9.62 Å². The number of rotatable bonds is 4. The molecule has 0 aromatic heterocycles. The van der Waals surface area contributed by atoms with Crippen LogP contribution in [-0.2, 0) is 14.8 Å². The predicted octanol–water partition coefficient (Wildman–Crippen LogP) is 4.31. The Morgan fingerprint density at radius 1 is 1.00 bits per heavy atom. The number of amides is 1. The van der Waals surface area contributed by atoms with Crippen LogP contribution in [0.5, 0.6) is 0 Å². The van der Waals surface area contributed by atoms with Crippen molar-refractivity contribution in [2.75, 3.05) is 16.2 Å². The lowest BCUT2D eigenvalue weighted by Gasteiger charge is -2.26. The normalized spacial score (nSPS) is 15.3. The molecule has 1 saturated heterocycles. The van der Waals surface area contributed by atoms with Gasteiger partial charge < -0.3 is 4.90 Å². The third-order valence-electron chi connectivity index (χ3n) is 3.95. The molecule has 8 heteroatoms. The summed E-state index contributed by atoms with van der Waals surface area (Å²) in [5.41, 5.74) is 0.911. The second-order valence-corrected chi connectivity index (χ2v) is 8.25. The van der Waals surface area contributed by atoms with E-state index >= 15 is 0 Å². The number of nitrogens with zero attached hydrogens (tertiary/aromatic N) is 1. The lowest BCUT2D eigenvalue weighted by atomic mass is 10.1. The van der Waals surface area contributed by atoms with Gasteiger partial charge in [0.15, 0.2) is 0 Å². The summed E-state index contributed by atoms with van der Waals surface area (Å²) >= 11 is 11.9. The lowest BCUT2D eigenvalue weighted by Crippen LogP contribution is -2.35. The molecular weight excluding hydrogens is 383 g/mol. The SMILES string of the molecule is O=C1CCCCN1c1ccc(S(=O)(=O)Nc2cc(Cl)ccc2Cl)cc1. The van der Waals surface area contributed by atoms with Crippen molar-refractivity contribution in [3.63, 3.8) is 0 Å². The van der Waals surface area contributed by atoms with E-state index < -0.39 is 10.0 Å². The first-order valence-electron chi connectivity index (χ1n) is 7.75. The van der Waals surface area contributed by atoms with Crippen LogP contribution in [-0.4, -0.2) is 20.9 Å². The van der Waals surface area contributed by atoms with Crippen molar-refractivity contribution < 1.29 is 13.2 Å². The molecule has 0 bridgehead atoms. The third-order valence-corrected chi connectivity index (χ3v) is 5.90. The van der Waals surface area contributed by atoms with Crippen molar-refractivity contribution in [3.05, 3.63) is 52.5 Å². The molecule has 2 aromatic rings. The molecule has 1 heterocycles. The average molecular weight is 399 g/mol. The van der Waals surface area contributed by atoms with Crippen molar-refractivity contribution in [1.82, 2.24) is 0 Å². The first-order valence-corrected chi connectivity index (χ1v) is 9.99. The highest BCUT2D eigenvalue weighted by atomic mass is 35.5. The number of halogens is 2. The minimum atomic E-state index is -3.81. The lowest BCUT2D eigenvalue weighted by molar-refractivity contribution is -0.119. The zero-order valence-electron chi connectivity index (χ0n) is 13.2. The molecule has 25 heavy (non-hydrogen) atoms. The Morgan fingerprint density at radius 2 is 1.72 bits per heavy atom. The molecule has 5 nitrogen and oxygen atoms in total. The maximum atomic E-state index is 12.5. The Hall–Kier alpha value is -1.76. The van der Waals surface area contributed by atoms with Crippen LogP contribution in [0.15, 0.2) is 47.4 Å². The van der Waals surface area contributed by atoms with Crippen LogP contribution in [0.1, 0.15) is 19.3 Å². The standard InChI is InChI=1S/C17H16Cl2N2O3S/c18-12-4-9-15(19)16(11-12)20-25(23,24)14-7-5-13(6-8-14)21-10-2-1-3-17(21)22/h4-9,11,20H,1-3,10H2. The van der Waals surface area contributed by atoms with Crippen LogP contribution in [0, 0.1) is 0 Å². The Kier molecular flexibility index (Phi) is 5.22. The number of anilines is 2. The maximum absolute atomic E-state index is 12.5. The summed E-state index contributed by atoms with van der Waals surface area (Å²) < 4.78 is 27.5. The number of benzene rings is 2. The van der Waals surface area contributed by atoms with Crippen molar-refractivity contribution in [2.24, 2.45) is 0 Å². The number of piperidine rings is 1. The van der Waals surface area contributed by atoms with Gasteiger partial charge in [0.25, 0.3) is 10.0 Å². The quantitative estimate of drug-likeness (QED) is 0.833. The second kappa shape index (κ2) is 7.23. The summed E-state index contributed by atoms with van der Waals surface area (Å²) in [4.78, 5) is 13.7. The minimum Gasteiger partial charge on any atom is -0.312 e. The van der Waals surface area contributed by atoms with E-state index in [0.717, 1.165) is 12.8 Å². The molecule has 0 unspecified atom stereocenters. The van der Waals surface area contributed by atoms with Crippen LogP contribution >= 0.6 is 23.2 Å². The maximum Gasteiger partial charge on any atom is 0.261 e. The molecule has 0 atom stereocenters. The van der Waals surface area contributed by atoms with Gasteiger partial charge >= 0.3 is 0 Å². The molecule has 1 aliphatic heterocycles. The molecule has 132 valence electrons. The highest BCUT2D eigenvalue weighted by molar-refractivity contribution is 7.92. The Bertz CT molecular complexity index is 899. The number of hydrogen-bond acceptors (Lipinski definition) is 3. The highest BCUT2D eigenvalue weighted by Crippen LogP contribution is 2.28. The van der Waals surface area contributed by atoms with Gasteiger partial charge in [0, 0.05) is 23.7 Å². The monoisotopic (exact) mass is 398 g/mol. The molecular formula is C17H16Cl2N2O3S. The van der Waals surface area contributed by atoms with E-state index in [1.54, 1.807) is 23.1 Å². The fourth-order valence-electron chi connectivity index (χ4n) is 2.66. The van der Waals surface area contributed by atoms with Crippen LogP contribution in [0.4, 0.5) is 11.4 Å². The third kappa shape index (κ3) is 4.08. The zero-order chi connectivity index (χ0) is 18.0. The fraction of sp³-hybridized carbons (Fsp3) is 0.235. The summed E-state index contributed by atoms with van der Waals surface area (Å²) in [5, 5.41) is 0.629. The van der Waals surface area contributed by atoms with Gasteiger partial charge in [0.05, 0.1) is 15.6 Å². The van der Waals surface area contributed by atoms with Crippen molar-refractivity contribution in [3.8, 4) is 0 Å². The van der Waals surface area contributed by atoms with Gasteiger partial charge in [-0.1, -0.05) is 23.2 Å². The van der Waals surface area contributed by atoms with Gasteiger partial charge in [-0.05, 0) is 55.3 Å². The van der Waals surface area contributed by atoms with E-state index in [-0.39, 0.29) is 21.5 Å². The Labute approximate surface area is 156 Å². The summed E-state index contributed by atoms with van der Waals surface area (Å²) in [7, 11) is -3.81. The first kappa shape index (κ1) is 18.0. The van der Waals surface area contributed by atoms with E-state index in [4.69, 9.17) is 23.2 Å². The largest absolute Gasteiger partial charge is 0.312 e. The van der Waals surface area contributed by atoms with Crippen LogP contribution in [0.3, 0.4) is 0 Å². The van der Waals surface area contributed by atoms with Crippen molar-refractivity contribution in [1.29, 1.82) is 0 Å². The van der Waals surface area contributed by atoms with Crippen LogP contribution in [0.25, 0.3) is 0 Å². The van der Waals surface area contributed by atoms with Gasteiger partial charge in [-0.3, -0.25) is 9.52 Å². The smallest absolute Gasteiger partial charge is 0.261 e. The van der Waals surface area contributed by atoms with Gasteiger partial charge in [0.1, 0.15) is 0 Å². The predicted molar refractivity (Wildman–Crippen MR) is 99.9 cm³/mol. The molecule has 1 fully saturated rings. The van der Waals surface area contributed by atoms with Crippen LogP contribution in [0.2, 0.25) is 10.0 Å². The summed E-state index contributed by atoms with van der Waals surface area (Å²) in [6.45, 7) is 0.654. The number of carbonyl (C=O) groups is 1. The minimum absolute atomic E-state index is 0.0608. The van der Waals surface area contributed by atoms with E-state index in [2.05, 4.69) is 4.72 Å². The van der Waals surface area contributed by atoms with E-state index in [1.807, 2.05) is 0 Å². The molecule has 1 aliphatic rings. The fourth-order valence-corrected chi connectivity index (χ4v) is 4.13. The molecule has 0 aliphatic carbocycles. The van der Waals surface area contributed by atoms with Crippen molar-refractivity contribution >= 4 is 50.5 Å². The average Bonchev–Trinajstić information content (AvgIpc) is 2.58. The Balaban J connectivity index is 1.83. The number of nitrogens with one attached hydrogen (secondary N) is 1. The number of sulfonamides is 1. The molecule has 0 spiro atoms. The van der Waals surface area contributed by atoms with Gasteiger partial charge in [-0.2, -0.15) is 0 Å². The van der Waals surface area contributed by atoms with Crippen molar-refractivity contribution in [2.45, 2.75) is 24.2 Å². The van der Waals surface area contributed by atoms with Gasteiger partial charge in [0.2, 0.25) is 5.91 Å². The summed E-state index contributed by atoms with van der Waals surface area (Å²) in [5.74, 6) is 0.0608. The zero-order valence-corrected chi connectivity index (χ0v) is 15.5. The van der Waals surface area contributed by atoms with Gasteiger partial charge in [-0.25, -0.2) is 8.42 Å². The molecule has 1 N–H and O–H groups in total. The molecule has 0 saturated carbocycles. The molecule has 0 radical (unpaired) electrons. The second-order valence-electron chi connectivity index (χ2n) is 5.73. The van der Waals surface area contributed by atoms with E-state index in [9.17, 15) is 13.2 Å². The number of carbonyl (C=O) groups excluding carboxylic acids is 1. The summed E-state index contributed by atoms with van der Waals surface area (Å²) in [6, 6.07) is 10.8. The molecule has 3 rings (SSSR count). The van der Waals surface area contributed by atoms with E-state index in [1.165, 1.54) is 24.3 Å². The molecule has 2 aromatic carbocycles. The topological polar surface area (TPSA) is 66.5 Å². The first-order chi connectivity index (χ1) is 11.9. The van der Waals surface area contributed by atoms with E-state index in [0.29, 0.717) is 23.7 Å².